The number of rotatable bonds is 0. The maximum Gasteiger partial charge on any atom is 0.392 e. The Bertz CT molecular complexity index is 241. The summed E-state index contributed by atoms with van der Waals surface area (Å²) in [5, 5.41) is 0. The van der Waals surface area contributed by atoms with Gasteiger partial charge in [0.05, 0.1) is 17.4 Å². The van der Waals surface area contributed by atoms with E-state index in [1.807, 2.05) is 0 Å². The van der Waals surface area contributed by atoms with Crippen molar-refractivity contribution in [2.24, 2.45) is 5.92 Å². The van der Waals surface area contributed by atoms with Gasteiger partial charge in [-0.25, -0.2) is 8.42 Å². The molecule has 1 rings (SSSR count). The van der Waals surface area contributed by atoms with Gasteiger partial charge in [-0.15, -0.1) is 0 Å². The van der Waals surface area contributed by atoms with Crippen LogP contribution in [0, 0.1) is 5.92 Å². The van der Waals surface area contributed by atoms with Crippen molar-refractivity contribution in [1.29, 1.82) is 0 Å². The largest absolute Gasteiger partial charge is 0.392 e. The van der Waals surface area contributed by atoms with Gasteiger partial charge in [0.2, 0.25) is 0 Å². The van der Waals surface area contributed by atoms with Gasteiger partial charge in [0.25, 0.3) is 0 Å². The van der Waals surface area contributed by atoms with Gasteiger partial charge in [-0.1, -0.05) is 0 Å². The van der Waals surface area contributed by atoms with E-state index in [2.05, 4.69) is 0 Å². The lowest BCUT2D eigenvalue weighted by molar-refractivity contribution is -0.167. The lowest BCUT2D eigenvalue weighted by atomic mass is 10.1. The molecule has 1 aliphatic heterocycles. The molecule has 1 unspecified atom stereocenters. The smallest absolute Gasteiger partial charge is 0.229 e. The Morgan fingerprint density at radius 1 is 1.27 bits per heavy atom. The number of alkyl halides is 3. The first kappa shape index (κ1) is 8.83. The van der Waals surface area contributed by atoms with E-state index >= 15 is 0 Å². The summed E-state index contributed by atoms with van der Waals surface area (Å²) in [6, 6.07) is 0. The van der Waals surface area contributed by atoms with Crippen LogP contribution >= 0.6 is 0 Å². The summed E-state index contributed by atoms with van der Waals surface area (Å²) in [7, 11) is -3.40. The van der Waals surface area contributed by atoms with Crippen LogP contribution in [0.15, 0.2) is 0 Å². The van der Waals surface area contributed by atoms with Gasteiger partial charge in [-0.2, -0.15) is 13.2 Å². The Morgan fingerprint density at radius 2 is 1.82 bits per heavy atom. The maximum absolute atomic E-state index is 11.8. The minimum atomic E-state index is -4.34. The van der Waals surface area contributed by atoms with Crippen molar-refractivity contribution in [3.05, 3.63) is 0 Å². The quantitative estimate of drug-likeness (QED) is 0.568. The van der Waals surface area contributed by atoms with E-state index in [9.17, 15) is 21.6 Å². The molecule has 6 heteroatoms. The van der Waals surface area contributed by atoms with Crippen LogP contribution in [-0.2, 0) is 9.84 Å². The summed E-state index contributed by atoms with van der Waals surface area (Å²) in [6.07, 6.45) is -4.62. The molecule has 1 atom stereocenters. The number of sulfone groups is 1. The van der Waals surface area contributed by atoms with Gasteiger partial charge in [0.15, 0.2) is 9.84 Å². The van der Waals surface area contributed by atoms with Crippen LogP contribution in [-0.4, -0.2) is 26.1 Å². The summed E-state index contributed by atoms with van der Waals surface area (Å²) < 4.78 is 56.7. The summed E-state index contributed by atoms with van der Waals surface area (Å²) in [5.74, 6) is -2.68. The van der Waals surface area contributed by atoms with E-state index < -0.39 is 27.7 Å². The van der Waals surface area contributed by atoms with Crippen molar-refractivity contribution in [3.63, 3.8) is 0 Å². The zero-order valence-corrected chi connectivity index (χ0v) is 6.37. The van der Waals surface area contributed by atoms with E-state index in [1.165, 1.54) is 0 Å². The first-order valence-electron chi connectivity index (χ1n) is 3.08. The lowest BCUT2D eigenvalue weighted by Gasteiger charge is -2.11. The average molecular weight is 188 g/mol. The van der Waals surface area contributed by atoms with Crippen LogP contribution < -0.4 is 0 Å². The van der Waals surface area contributed by atoms with Crippen molar-refractivity contribution in [2.45, 2.75) is 12.6 Å². The second kappa shape index (κ2) is 2.36. The molecule has 0 N–H and O–H groups in total. The van der Waals surface area contributed by atoms with Crippen LogP contribution in [0.4, 0.5) is 13.2 Å². The Hall–Kier alpha value is -0.260. The van der Waals surface area contributed by atoms with Crippen LogP contribution in [0.5, 0.6) is 0 Å². The fourth-order valence-corrected chi connectivity index (χ4v) is 2.83. The second-order valence-corrected chi connectivity index (χ2v) is 4.87. The molecule has 0 radical (unpaired) electrons. The minimum absolute atomic E-state index is 0.272. The number of hydrogen-bond donors (Lipinski definition) is 0. The molecule has 0 spiro atoms. The standard InChI is InChI=1S/C5H7F3O2S/c6-5(7,8)4-1-2-11(9,10)3-4/h4H,1-3H2. The van der Waals surface area contributed by atoms with Gasteiger partial charge in [0.1, 0.15) is 0 Å². The summed E-state index contributed by atoms with van der Waals surface area (Å²) in [4.78, 5) is 0. The maximum atomic E-state index is 11.8. The van der Waals surface area contributed by atoms with E-state index in [0.717, 1.165) is 0 Å². The highest BCUT2D eigenvalue weighted by Gasteiger charge is 2.46. The zero-order chi connectivity index (χ0) is 8.70. The molecule has 1 aliphatic rings. The molecule has 1 saturated heterocycles. The Morgan fingerprint density at radius 3 is 2.00 bits per heavy atom. The van der Waals surface area contributed by atoms with Crippen LogP contribution in [0.2, 0.25) is 0 Å². The first-order chi connectivity index (χ1) is 4.81. The molecular weight excluding hydrogens is 181 g/mol. The van der Waals surface area contributed by atoms with Crippen molar-refractivity contribution in [2.75, 3.05) is 11.5 Å². The molecule has 0 aromatic carbocycles. The fourth-order valence-electron chi connectivity index (χ4n) is 1.05. The van der Waals surface area contributed by atoms with Gasteiger partial charge in [0, 0.05) is 0 Å². The molecule has 0 aromatic rings. The molecule has 2 nitrogen and oxygen atoms in total. The molecule has 66 valence electrons. The molecule has 0 aliphatic carbocycles. The molecule has 0 saturated carbocycles. The fraction of sp³-hybridized carbons (Fsp3) is 1.00. The third-order valence-corrected chi connectivity index (χ3v) is 3.46. The Labute approximate surface area is 62.3 Å². The monoisotopic (exact) mass is 188 g/mol. The molecule has 1 fully saturated rings. The van der Waals surface area contributed by atoms with Crippen molar-refractivity contribution < 1.29 is 21.6 Å². The van der Waals surface area contributed by atoms with Crippen LogP contribution in [0.1, 0.15) is 6.42 Å². The second-order valence-electron chi connectivity index (χ2n) is 2.64. The van der Waals surface area contributed by atoms with E-state index in [0.29, 0.717) is 0 Å². The van der Waals surface area contributed by atoms with Gasteiger partial charge in [-0.3, -0.25) is 0 Å². The van der Waals surface area contributed by atoms with Crippen LogP contribution in [0.25, 0.3) is 0 Å². The van der Waals surface area contributed by atoms with Crippen LogP contribution in [0.3, 0.4) is 0 Å². The van der Waals surface area contributed by atoms with E-state index in [-0.39, 0.29) is 12.2 Å². The summed E-state index contributed by atoms with van der Waals surface area (Å²) in [5.41, 5.74) is 0. The van der Waals surface area contributed by atoms with Crippen molar-refractivity contribution in [3.8, 4) is 0 Å². The minimum Gasteiger partial charge on any atom is -0.229 e. The van der Waals surface area contributed by atoms with Gasteiger partial charge >= 0.3 is 6.18 Å². The SMILES string of the molecule is O=S1(=O)CCC(C(F)(F)F)C1. The summed E-state index contributed by atoms with van der Waals surface area (Å²) >= 11 is 0. The summed E-state index contributed by atoms with van der Waals surface area (Å²) in [6.45, 7) is 0. The molecule has 1 heterocycles. The average Bonchev–Trinajstić information content (AvgIpc) is 2.07. The Balaban J connectivity index is 2.70. The predicted octanol–water partition coefficient (Wildman–Crippen LogP) is 0.983. The topological polar surface area (TPSA) is 34.1 Å². The molecule has 0 amide bonds. The molecule has 0 bridgehead atoms. The number of halogens is 3. The Kier molecular flexibility index (Phi) is 1.90. The van der Waals surface area contributed by atoms with E-state index in [1.54, 1.807) is 0 Å². The lowest BCUT2D eigenvalue weighted by Crippen LogP contribution is -2.23. The predicted molar refractivity (Wildman–Crippen MR) is 32.8 cm³/mol. The van der Waals surface area contributed by atoms with Crippen molar-refractivity contribution >= 4 is 9.84 Å². The van der Waals surface area contributed by atoms with Gasteiger partial charge in [-0.05, 0) is 6.42 Å². The zero-order valence-electron chi connectivity index (χ0n) is 5.56. The molecular formula is C5H7F3O2S. The normalized spacial score (nSPS) is 30.6. The molecule has 0 aromatic heterocycles. The highest BCUT2D eigenvalue weighted by atomic mass is 32.2. The third kappa shape index (κ3) is 2.08. The molecule has 11 heavy (non-hydrogen) atoms. The van der Waals surface area contributed by atoms with E-state index in [4.69, 9.17) is 0 Å². The van der Waals surface area contributed by atoms with Gasteiger partial charge < -0.3 is 0 Å². The van der Waals surface area contributed by atoms with Crippen molar-refractivity contribution in [1.82, 2.24) is 0 Å². The third-order valence-electron chi connectivity index (χ3n) is 1.70. The number of hydrogen-bond acceptors (Lipinski definition) is 2. The highest BCUT2D eigenvalue weighted by Crippen LogP contribution is 2.34. The first-order valence-corrected chi connectivity index (χ1v) is 4.90. The highest BCUT2D eigenvalue weighted by molar-refractivity contribution is 7.91.